The van der Waals surface area contributed by atoms with Gasteiger partial charge in [0.25, 0.3) is 0 Å². The van der Waals surface area contributed by atoms with E-state index < -0.39 is 5.97 Å². The van der Waals surface area contributed by atoms with E-state index in [-0.39, 0.29) is 16.6 Å². The van der Waals surface area contributed by atoms with Crippen molar-refractivity contribution in [3.05, 3.63) is 69.8 Å². The minimum Gasteiger partial charge on any atom is -0.465 e. The number of carbonyl (C=O) groups excluding carboxylic acids is 3. The molecule has 1 saturated carbocycles. The Morgan fingerprint density at radius 1 is 0.929 bits per heavy atom. The highest BCUT2D eigenvalue weighted by atomic mass is 16.5. The molecule has 1 fully saturated rings. The molecular formula is C24H24O4. The van der Waals surface area contributed by atoms with E-state index in [1.807, 2.05) is 12.1 Å². The Hall–Kier alpha value is -2.75. The molecule has 0 unspecified atom stereocenters. The highest BCUT2D eigenvalue weighted by molar-refractivity contribution is 6.13. The van der Waals surface area contributed by atoms with Crippen molar-refractivity contribution >= 4 is 18.0 Å². The van der Waals surface area contributed by atoms with Crippen LogP contribution < -0.4 is 0 Å². The smallest absolute Gasteiger partial charge is 0.337 e. The molecule has 144 valence electrons. The summed E-state index contributed by atoms with van der Waals surface area (Å²) >= 11 is 0. The lowest BCUT2D eigenvalue weighted by Gasteiger charge is -2.38. The summed E-state index contributed by atoms with van der Waals surface area (Å²) in [6.45, 7) is 4.42. The fourth-order valence-electron chi connectivity index (χ4n) is 4.43. The first kappa shape index (κ1) is 18.6. The first-order valence-corrected chi connectivity index (χ1v) is 9.69. The quantitative estimate of drug-likeness (QED) is 0.444. The van der Waals surface area contributed by atoms with Gasteiger partial charge in [-0.2, -0.15) is 0 Å². The van der Waals surface area contributed by atoms with Crippen molar-refractivity contribution in [2.24, 2.45) is 0 Å². The monoisotopic (exact) mass is 376 g/mol. The Morgan fingerprint density at radius 3 is 2.11 bits per heavy atom. The van der Waals surface area contributed by atoms with Gasteiger partial charge in [0.2, 0.25) is 0 Å². The molecule has 2 aliphatic carbocycles. The fourth-order valence-corrected chi connectivity index (χ4v) is 4.43. The van der Waals surface area contributed by atoms with Gasteiger partial charge in [-0.25, -0.2) is 4.79 Å². The molecule has 0 N–H and O–H groups in total. The van der Waals surface area contributed by atoms with Crippen LogP contribution in [-0.4, -0.2) is 25.1 Å². The van der Waals surface area contributed by atoms with Crippen molar-refractivity contribution in [2.45, 2.75) is 50.4 Å². The van der Waals surface area contributed by atoms with E-state index in [0.717, 1.165) is 32.0 Å². The van der Waals surface area contributed by atoms with Gasteiger partial charge in [-0.1, -0.05) is 26.0 Å². The number of hydrogen-bond donors (Lipinski definition) is 0. The van der Waals surface area contributed by atoms with Crippen LogP contribution in [0.4, 0.5) is 0 Å². The van der Waals surface area contributed by atoms with Crippen LogP contribution in [0.25, 0.3) is 0 Å². The van der Waals surface area contributed by atoms with Gasteiger partial charge in [-0.3, -0.25) is 9.59 Å². The Balaban J connectivity index is 1.79. The summed E-state index contributed by atoms with van der Waals surface area (Å²) in [5.74, 6) is -0.639. The van der Waals surface area contributed by atoms with Gasteiger partial charge in [0, 0.05) is 16.7 Å². The minimum absolute atomic E-state index is 0.00464. The van der Waals surface area contributed by atoms with Crippen LogP contribution in [0.2, 0.25) is 0 Å². The summed E-state index contributed by atoms with van der Waals surface area (Å²) in [6.07, 6.45) is 5.31. The van der Waals surface area contributed by atoms with Crippen molar-refractivity contribution in [3.63, 3.8) is 0 Å². The molecule has 2 aromatic carbocycles. The summed E-state index contributed by atoms with van der Waals surface area (Å²) < 4.78 is 4.70. The van der Waals surface area contributed by atoms with Crippen molar-refractivity contribution in [1.29, 1.82) is 0 Å². The molecule has 2 aliphatic rings. The number of rotatable bonds is 4. The van der Waals surface area contributed by atoms with E-state index in [9.17, 15) is 14.4 Å². The number of esters is 1. The number of hydrogen-bond acceptors (Lipinski definition) is 4. The largest absolute Gasteiger partial charge is 0.465 e. The molecule has 0 aliphatic heterocycles. The van der Waals surface area contributed by atoms with Gasteiger partial charge in [0.05, 0.1) is 12.7 Å². The number of ether oxygens (including phenoxy) is 1. The lowest BCUT2D eigenvalue weighted by Crippen LogP contribution is -2.30. The topological polar surface area (TPSA) is 60.4 Å². The Bertz CT molecular complexity index is 978. The summed E-state index contributed by atoms with van der Waals surface area (Å²) in [5.41, 5.74) is 4.37. The zero-order valence-electron chi connectivity index (χ0n) is 16.5. The SMILES string of the molecule is COC(=O)c1ccc(C(=O)c2cc3c(cc2C=O)C(C)(C)CCC32CC2)cc1. The van der Waals surface area contributed by atoms with Crippen LogP contribution in [0.3, 0.4) is 0 Å². The molecule has 0 aromatic heterocycles. The number of fused-ring (bicyclic) bond motifs is 2. The molecule has 2 aromatic rings. The van der Waals surface area contributed by atoms with Gasteiger partial charge < -0.3 is 4.74 Å². The average Bonchev–Trinajstić information content (AvgIpc) is 3.50. The Morgan fingerprint density at radius 2 is 1.54 bits per heavy atom. The molecule has 1 spiro atoms. The van der Waals surface area contributed by atoms with E-state index in [1.54, 1.807) is 24.3 Å². The third kappa shape index (κ3) is 2.88. The van der Waals surface area contributed by atoms with Gasteiger partial charge >= 0.3 is 5.97 Å². The van der Waals surface area contributed by atoms with Crippen molar-refractivity contribution < 1.29 is 19.1 Å². The zero-order chi connectivity index (χ0) is 20.1. The second kappa shape index (κ2) is 6.40. The van der Waals surface area contributed by atoms with Crippen LogP contribution in [0.5, 0.6) is 0 Å². The Kier molecular flexibility index (Phi) is 4.25. The van der Waals surface area contributed by atoms with E-state index in [1.165, 1.54) is 18.2 Å². The number of methoxy groups -OCH3 is 1. The highest BCUT2D eigenvalue weighted by Crippen LogP contribution is 2.59. The van der Waals surface area contributed by atoms with Gasteiger partial charge in [0.15, 0.2) is 12.1 Å². The van der Waals surface area contributed by atoms with Gasteiger partial charge in [0.1, 0.15) is 0 Å². The fraction of sp³-hybridized carbons (Fsp3) is 0.375. The number of benzene rings is 2. The lowest BCUT2D eigenvalue weighted by molar-refractivity contribution is 0.0600. The zero-order valence-corrected chi connectivity index (χ0v) is 16.5. The normalized spacial score (nSPS) is 18.2. The van der Waals surface area contributed by atoms with Gasteiger partial charge in [-0.15, -0.1) is 0 Å². The summed E-state index contributed by atoms with van der Waals surface area (Å²) in [7, 11) is 1.32. The van der Waals surface area contributed by atoms with Crippen molar-refractivity contribution in [1.82, 2.24) is 0 Å². The molecule has 4 rings (SSSR count). The van der Waals surface area contributed by atoms with Gasteiger partial charge in [-0.05, 0) is 71.9 Å². The molecule has 28 heavy (non-hydrogen) atoms. The standard InChI is InChI=1S/C24H24O4/c1-23(2)8-9-24(10-11-24)20-13-18(17(14-25)12-19(20)23)21(26)15-4-6-16(7-5-15)22(27)28-3/h4-7,12-14H,8-11H2,1-3H3. The van der Waals surface area contributed by atoms with E-state index in [4.69, 9.17) is 4.74 Å². The molecular weight excluding hydrogens is 352 g/mol. The molecule has 0 radical (unpaired) electrons. The summed E-state index contributed by atoms with van der Waals surface area (Å²) in [5, 5.41) is 0. The number of ketones is 1. The predicted octanol–water partition coefficient (Wildman–Crippen LogP) is 4.62. The van der Waals surface area contributed by atoms with Crippen LogP contribution in [0.15, 0.2) is 36.4 Å². The molecule has 0 bridgehead atoms. The van der Waals surface area contributed by atoms with Crippen molar-refractivity contribution in [2.75, 3.05) is 7.11 Å². The first-order valence-electron chi connectivity index (χ1n) is 9.69. The first-order chi connectivity index (χ1) is 13.3. The maximum absolute atomic E-state index is 13.2. The van der Waals surface area contributed by atoms with E-state index in [2.05, 4.69) is 13.8 Å². The number of carbonyl (C=O) groups is 3. The number of aldehydes is 1. The average molecular weight is 376 g/mol. The highest BCUT2D eigenvalue weighted by Gasteiger charge is 2.50. The third-order valence-electron chi connectivity index (χ3n) is 6.51. The molecule has 0 saturated heterocycles. The maximum Gasteiger partial charge on any atom is 0.337 e. The van der Waals surface area contributed by atoms with Crippen molar-refractivity contribution in [3.8, 4) is 0 Å². The molecule has 4 heteroatoms. The second-order valence-electron chi connectivity index (χ2n) is 8.67. The van der Waals surface area contributed by atoms with Crippen LogP contribution in [0, 0.1) is 0 Å². The van der Waals surface area contributed by atoms with E-state index in [0.29, 0.717) is 22.3 Å². The molecule has 4 nitrogen and oxygen atoms in total. The van der Waals surface area contributed by atoms with Crippen LogP contribution >= 0.6 is 0 Å². The maximum atomic E-state index is 13.2. The minimum atomic E-state index is -0.445. The summed E-state index contributed by atoms with van der Waals surface area (Å²) in [4.78, 5) is 36.6. The predicted molar refractivity (Wildman–Crippen MR) is 106 cm³/mol. The molecule has 0 atom stereocenters. The van der Waals surface area contributed by atoms with Crippen LogP contribution in [-0.2, 0) is 15.6 Å². The Labute approximate surface area is 164 Å². The third-order valence-corrected chi connectivity index (χ3v) is 6.51. The molecule has 0 amide bonds. The van der Waals surface area contributed by atoms with Crippen LogP contribution in [0.1, 0.15) is 87.3 Å². The second-order valence-corrected chi connectivity index (χ2v) is 8.67. The lowest BCUT2D eigenvalue weighted by atomic mass is 9.66. The van der Waals surface area contributed by atoms with E-state index >= 15 is 0 Å². The summed E-state index contributed by atoms with van der Waals surface area (Å²) in [6, 6.07) is 10.3. The molecule has 0 heterocycles.